The van der Waals surface area contributed by atoms with Crippen LogP contribution in [0.4, 0.5) is 11.4 Å². The maximum atomic E-state index is 6.34. The van der Waals surface area contributed by atoms with Crippen molar-refractivity contribution in [1.82, 2.24) is 0 Å². The van der Waals surface area contributed by atoms with Gasteiger partial charge in [0.1, 0.15) is 0 Å². The second-order valence-electron chi connectivity index (χ2n) is 7.00. The van der Waals surface area contributed by atoms with Crippen molar-refractivity contribution in [3.05, 3.63) is 23.2 Å². The lowest BCUT2D eigenvalue weighted by Gasteiger charge is -2.23. The molecule has 1 N–H and O–H groups in total. The van der Waals surface area contributed by atoms with E-state index in [0.29, 0.717) is 11.5 Å². The number of benzene rings is 1. The van der Waals surface area contributed by atoms with E-state index >= 15 is 0 Å². The van der Waals surface area contributed by atoms with Crippen molar-refractivity contribution in [1.29, 1.82) is 0 Å². The van der Waals surface area contributed by atoms with Crippen molar-refractivity contribution < 1.29 is 0 Å². The largest absolute Gasteiger partial charge is 0.382 e. The molecule has 0 saturated heterocycles. The molecule has 1 aromatic rings. The summed E-state index contributed by atoms with van der Waals surface area (Å²) in [6.45, 7) is 4.77. The van der Waals surface area contributed by atoms with Crippen molar-refractivity contribution in [3.63, 3.8) is 0 Å². The monoisotopic (exact) mass is 294 g/mol. The Labute approximate surface area is 128 Å². The maximum Gasteiger partial charge on any atom is 0.0659 e. The van der Waals surface area contributed by atoms with E-state index in [0.717, 1.165) is 16.4 Å². The zero-order valence-corrected chi connectivity index (χ0v) is 13.9. The molecular formula is C17H27ClN2. The van der Waals surface area contributed by atoms with E-state index < -0.39 is 0 Å². The summed E-state index contributed by atoms with van der Waals surface area (Å²) >= 11 is 6.34. The predicted octanol–water partition coefficient (Wildman–Crippen LogP) is 5.18. The van der Waals surface area contributed by atoms with Crippen molar-refractivity contribution >= 4 is 23.0 Å². The molecule has 0 amide bonds. The highest BCUT2D eigenvalue weighted by Crippen LogP contribution is 2.35. The number of rotatable bonds is 3. The average Bonchev–Trinajstić information content (AvgIpc) is 2.51. The highest BCUT2D eigenvalue weighted by atomic mass is 35.5. The van der Waals surface area contributed by atoms with Gasteiger partial charge in [0.25, 0.3) is 0 Å². The zero-order chi connectivity index (χ0) is 14.8. The van der Waals surface area contributed by atoms with E-state index in [4.69, 9.17) is 11.6 Å². The van der Waals surface area contributed by atoms with Crippen LogP contribution in [-0.2, 0) is 0 Å². The van der Waals surface area contributed by atoms with Crippen molar-refractivity contribution in [2.45, 2.75) is 52.0 Å². The number of nitrogens with one attached hydrogen (secondary N) is 1. The Kier molecular flexibility index (Phi) is 4.85. The fourth-order valence-corrected chi connectivity index (χ4v) is 3.35. The molecule has 0 aromatic heterocycles. The second-order valence-corrected chi connectivity index (χ2v) is 7.40. The van der Waals surface area contributed by atoms with Gasteiger partial charge in [0, 0.05) is 25.8 Å². The Morgan fingerprint density at radius 2 is 1.95 bits per heavy atom. The summed E-state index contributed by atoms with van der Waals surface area (Å²) in [5.74, 6) is 0. The van der Waals surface area contributed by atoms with Crippen molar-refractivity contribution in [2.24, 2.45) is 5.41 Å². The smallest absolute Gasteiger partial charge is 0.0659 e. The molecule has 0 heterocycles. The van der Waals surface area contributed by atoms with E-state index in [1.54, 1.807) is 0 Å². The molecule has 2 rings (SSSR count). The van der Waals surface area contributed by atoms with Crippen LogP contribution in [0, 0.1) is 5.41 Å². The number of hydrogen-bond acceptors (Lipinski definition) is 2. The quantitative estimate of drug-likeness (QED) is 0.773. The van der Waals surface area contributed by atoms with Gasteiger partial charge < -0.3 is 10.2 Å². The summed E-state index contributed by atoms with van der Waals surface area (Å²) in [5.41, 5.74) is 2.72. The lowest BCUT2D eigenvalue weighted by atomic mass is 9.85. The van der Waals surface area contributed by atoms with Gasteiger partial charge in [-0.1, -0.05) is 31.9 Å². The minimum absolute atomic E-state index is 0.503. The minimum atomic E-state index is 0.503. The highest BCUT2D eigenvalue weighted by Gasteiger charge is 2.24. The first kappa shape index (κ1) is 15.5. The van der Waals surface area contributed by atoms with Gasteiger partial charge in [-0.2, -0.15) is 0 Å². The fraction of sp³-hybridized carbons (Fsp3) is 0.647. The summed E-state index contributed by atoms with van der Waals surface area (Å²) in [6.07, 6.45) is 6.46. The Hall–Kier alpha value is -0.890. The minimum Gasteiger partial charge on any atom is -0.382 e. The Morgan fingerprint density at radius 1 is 1.20 bits per heavy atom. The van der Waals surface area contributed by atoms with Crippen LogP contribution >= 0.6 is 11.6 Å². The number of halogens is 1. The maximum absolute atomic E-state index is 6.34. The van der Waals surface area contributed by atoms with Gasteiger partial charge in [-0.15, -0.1) is 0 Å². The lowest BCUT2D eigenvalue weighted by Crippen LogP contribution is -2.19. The third-order valence-corrected chi connectivity index (χ3v) is 4.68. The average molecular weight is 295 g/mol. The SMILES string of the molecule is CN(C)c1ccc(NC2CCCC(C)(C)CC2)cc1Cl. The first-order valence-electron chi connectivity index (χ1n) is 7.61. The molecule has 1 aliphatic carbocycles. The fourth-order valence-electron chi connectivity index (χ4n) is 3.00. The van der Waals surface area contributed by atoms with Crippen LogP contribution in [0.1, 0.15) is 46.0 Å². The van der Waals surface area contributed by atoms with Gasteiger partial charge in [-0.3, -0.25) is 0 Å². The Bertz CT molecular complexity index is 454. The molecule has 3 heteroatoms. The van der Waals surface area contributed by atoms with Gasteiger partial charge in [0.2, 0.25) is 0 Å². The van der Waals surface area contributed by atoms with Gasteiger partial charge in [0.05, 0.1) is 10.7 Å². The van der Waals surface area contributed by atoms with Gasteiger partial charge in [-0.25, -0.2) is 0 Å². The number of nitrogens with zero attached hydrogens (tertiary/aromatic N) is 1. The first-order valence-corrected chi connectivity index (χ1v) is 7.99. The molecule has 2 nitrogen and oxygen atoms in total. The molecule has 1 aromatic carbocycles. The summed E-state index contributed by atoms with van der Waals surface area (Å²) in [7, 11) is 4.03. The molecule has 0 bridgehead atoms. The Balaban J connectivity index is 2.01. The molecule has 20 heavy (non-hydrogen) atoms. The normalized spacial score (nSPS) is 22.1. The summed E-state index contributed by atoms with van der Waals surface area (Å²) < 4.78 is 0. The molecule has 0 spiro atoms. The molecule has 1 aliphatic rings. The standard InChI is InChI=1S/C17H27ClN2/c1-17(2)10-5-6-13(9-11-17)19-14-7-8-16(20(3)4)15(18)12-14/h7-8,12-13,19H,5-6,9-11H2,1-4H3. The Morgan fingerprint density at radius 3 is 2.60 bits per heavy atom. The first-order chi connectivity index (χ1) is 9.37. The van der Waals surface area contributed by atoms with Crippen LogP contribution in [0.25, 0.3) is 0 Å². The molecule has 1 atom stereocenters. The van der Waals surface area contributed by atoms with Crippen LogP contribution < -0.4 is 10.2 Å². The molecule has 1 unspecified atom stereocenters. The summed E-state index contributed by atoms with van der Waals surface area (Å²) in [5, 5.41) is 4.48. The van der Waals surface area contributed by atoms with Crippen LogP contribution in [0.15, 0.2) is 18.2 Å². The number of anilines is 2. The molecule has 0 aliphatic heterocycles. The van der Waals surface area contributed by atoms with E-state index in [1.165, 1.54) is 32.1 Å². The van der Waals surface area contributed by atoms with E-state index in [9.17, 15) is 0 Å². The molecule has 0 radical (unpaired) electrons. The van der Waals surface area contributed by atoms with Gasteiger partial charge in [0.15, 0.2) is 0 Å². The number of hydrogen-bond donors (Lipinski definition) is 1. The topological polar surface area (TPSA) is 15.3 Å². The third kappa shape index (κ3) is 4.05. The second kappa shape index (κ2) is 6.26. The van der Waals surface area contributed by atoms with Crippen LogP contribution in [0.5, 0.6) is 0 Å². The van der Waals surface area contributed by atoms with E-state index in [2.05, 4.69) is 31.3 Å². The van der Waals surface area contributed by atoms with E-state index in [1.807, 2.05) is 25.1 Å². The van der Waals surface area contributed by atoms with Gasteiger partial charge in [-0.05, 0) is 49.3 Å². The molecule has 1 saturated carbocycles. The highest BCUT2D eigenvalue weighted by molar-refractivity contribution is 6.33. The predicted molar refractivity (Wildman–Crippen MR) is 90.1 cm³/mol. The molecule has 112 valence electrons. The van der Waals surface area contributed by atoms with Crippen molar-refractivity contribution in [2.75, 3.05) is 24.3 Å². The molecular weight excluding hydrogens is 268 g/mol. The molecule has 1 fully saturated rings. The van der Waals surface area contributed by atoms with Crippen LogP contribution in [-0.4, -0.2) is 20.1 Å². The van der Waals surface area contributed by atoms with Crippen molar-refractivity contribution in [3.8, 4) is 0 Å². The van der Waals surface area contributed by atoms with E-state index in [-0.39, 0.29) is 0 Å². The summed E-state index contributed by atoms with van der Waals surface area (Å²) in [4.78, 5) is 2.04. The lowest BCUT2D eigenvalue weighted by molar-refractivity contribution is 0.313. The van der Waals surface area contributed by atoms with Crippen LogP contribution in [0.2, 0.25) is 5.02 Å². The van der Waals surface area contributed by atoms with Gasteiger partial charge >= 0.3 is 0 Å². The summed E-state index contributed by atoms with van der Waals surface area (Å²) in [6, 6.07) is 6.85. The third-order valence-electron chi connectivity index (χ3n) is 4.38. The van der Waals surface area contributed by atoms with Crippen LogP contribution in [0.3, 0.4) is 0 Å². The zero-order valence-electron chi connectivity index (χ0n) is 13.2.